The predicted molar refractivity (Wildman–Crippen MR) is 108 cm³/mol. The van der Waals surface area contributed by atoms with Crippen molar-refractivity contribution in [2.75, 3.05) is 6.79 Å². The van der Waals surface area contributed by atoms with E-state index in [2.05, 4.69) is 29.6 Å². The molecule has 1 heterocycles. The first-order valence-corrected chi connectivity index (χ1v) is 9.49. The van der Waals surface area contributed by atoms with Crippen LogP contribution in [0.5, 0.6) is 11.5 Å². The quantitative estimate of drug-likeness (QED) is 0.674. The predicted octanol–water partition coefficient (Wildman–Crippen LogP) is 4.81. The summed E-state index contributed by atoms with van der Waals surface area (Å²) in [5.41, 5.74) is 3.27. The van der Waals surface area contributed by atoms with Crippen molar-refractivity contribution in [3.8, 4) is 11.5 Å². The molecule has 0 aromatic heterocycles. The molecule has 0 saturated carbocycles. The lowest BCUT2D eigenvalue weighted by molar-refractivity contribution is -0.121. The largest absolute Gasteiger partial charge is 0.454 e. The summed E-state index contributed by atoms with van der Waals surface area (Å²) in [6, 6.07) is 26.0. The number of hydrogen-bond acceptors (Lipinski definition) is 3. The molecule has 1 aliphatic heterocycles. The number of amides is 1. The van der Waals surface area contributed by atoms with Gasteiger partial charge < -0.3 is 14.8 Å². The van der Waals surface area contributed by atoms with Gasteiger partial charge in [0.1, 0.15) is 0 Å². The van der Waals surface area contributed by atoms with Crippen molar-refractivity contribution in [3.63, 3.8) is 0 Å². The maximum atomic E-state index is 12.9. The molecule has 1 atom stereocenters. The summed E-state index contributed by atoms with van der Waals surface area (Å²) in [7, 11) is 0. The highest BCUT2D eigenvalue weighted by Crippen LogP contribution is 2.34. The molecule has 1 amide bonds. The summed E-state index contributed by atoms with van der Waals surface area (Å²) >= 11 is 0. The number of benzene rings is 3. The van der Waals surface area contributed by atoms with Crippen LogP contribution in [0.4, 0.5) is 0 Å². The maximum absolute atomic E-state index is 12.9. The molecule has 28 heavy (non-hydrogen) atoms. The van der Waals surface area contributed by atoms with E-state index >= 15 is 0 Å². The molecule has 0 radical (unpaired) electrons. The standard InChI is InChI=1S/C24H23NO3/c1-17(20-12-13-22-23(14-20)28-16-27-22)25-24(26)15-21(18-8-4-2-5-9-18)19-10-6-3-7-11-19/h2-14,17,21H,15-16H2,1H3,(H,25,26). The average molecular weight is 373 g/mol. The summed E-state index contributed by atoms with van der Waals surface area (Å²) < 4.78 is 10.8. The van der Waals surface area contributed by atoms with Gasteiger partial charge in [-0.3, -0.25) is 4.79 Å². The number of fused-ring (bicyclic) bond motifs is 1. The molecule has 4 heteroatoms. The van der Waals surface area contributed by atoms with Crippen molar-refractivity contribution in [3.05, 3.63) is 95.6 Å². The van der Waals surface area contributed by atoms with E-state index < -0.39 is 0 Å². The molecule has 3 aromatic carbocycles. The smallest absolute Gasteiger partial charge is 0.231 e. The lowest BCUT2D eigenvalue weighted by Crippen LogP contribution is -2.28. The van der Waals surface area contributed by atoms with Gasteiger partial charge in [-0.05, 0) is 35.7 Å². The molecule has 3 aromatic rings. The van der Waals surface area contributed by atoms with Gasteiger partial charge in [-0.1, -0.05) is 66.7 Å². The summed E-state index contributed by atoms with van der Waals surface area (Å²) in [5, 5.41) is 3.12. The van der Waals surface area contributed by atoms with Crippen LogP contribution in [-0.4, -0.2) is 12.7 Å². The fourth-order valence-corrected chi connectivity index (χ4v) is 3.55. The van der Waals surface area contributed by atoms with Crippen molar-refractivity contribution in [1.29, 1.82) is 0 Å². The molecule has 1 unspecified atom stereocenters. The summed E-state index contributed by atoms with van der Waals surface area (Å²) in [6.07, 6.45) is 0.392. The molecular weight excluding hydrogens is 350 g/mol. The molecule has 1 aliphatic rings. The van der Waals surface area contributed by atoms with Gasteiger partial charge in [0.25, 0.3) is 0 Å². The molecule has 0 spiro atoms. The lowest BCUT2D eigenvalue weighted by atomic mass is 9.88. The van der Waals surface area contributed by atoms with E-state index in [-0.39, 0.29) is 24.7 Å². The second kappa shape index (κ2) is 8.17. The minimum Gasteiger partial charge on any atom is -0.454 e. The zero-order chi connectivity index (χ0) is 19.3. The van der Waals surface area contributed by atoms with Crippen LogP contribution in [0.1, 0.15) is 42.0 Å². The molecular formula is C24H23NO3. The SMILES string of the molecule is CC(NC(=O)CC(c1ccccc1)c1ccccc1)c1ccc2c(c1)OCO2. The second-order valence-electron chi connectivity index (χ2n) is 6.98. The third-order valence-electron chi connectivity index (χ3n) is 5.07. The molecule has 1 N–H and O–H groups in total. The Labute approximate surface area is 165 Å². The molecule has 0 aliphatic carbocycles. The van der Waals surface area contributed by atoms with Crippen LogP contribution in [0.25, 0.3) is 0 Å². The van der Waals surface area contributed by atoms with Gasteiger partial charge in [0.05, 0.1) is 6.04 Å². The highest BCUT2D eigenvalue weighted by atomic mass is 16.7. The third-order valence-corrected chi connectivity index (χ3v) is 5.07. The highest BCUT2D eigenvalue weighted by molar-refractivity contribution is 5.78. The Morgan fingerprint density at radius 3 is 2.11 bits per heavy atom. The monoisotopic (exact) mass is 373 g/mol. The zero-order valence-electron chi connectivity index (χ0n) is 15.8. The summed E-state index contributed by atoms with van der Waals surface area (Å²) in [6.45, 7) is 2.23. The van der Waals surface area contributed by atoms with Gasteiger partial charge in [-0.25, -0.2) is 0 Å². The topological polar surface area (TPSA) is 47.6 Å². The first kappa shape index (κ1) is 18.1. The fourth-order valence-electron chi connectivity index (χ4n) is 3.55. The number of nitrogens with one attached hydrogen (secondary N) is 1. The van der Waals surface area contributed by atoms with E-state index in [4.69, 9.17) is 9.47 Å². The average Bonchev–Trinajstić information content (AvgIpc) is 3.21. The van der Waals surface area contributed by atoms with Crippen molar-refractivity contribution < 1.29 is 14.3 Å². The molecule has 142 valence electrons. The van der Waals surface area contributed by atoms with E-state index in [1.54, 1.807) is 0 Å². The van der Waals surface area contributed by atoms with Crippen LogP contribution in [0.2, 0.25) is 0 Å². The minimum atomic E-state index is -0.116. The normalized spacial score (nSPS) is 13.4. The van der Waals surface area contributed by atoms with Gasteiger partial charge in [0.2, 0.25) is 12.7 Å². The van der Waals surface area contributed by atoms with Gasteiger partial charge >= 0.3 is 0 Å². The zero-order valence-corrected chi connectivity index (χ0v) is 15.8. The highest BCUT2D eigenvalue weighted by Gasteiger charge is 2.21. The summed E-state index contributed by atoms with van der Waals surface area (Å²) in [4.78, 5) is 12.9. The van der Waals surface area contributed by atoms with Gasteiger partial charge in [0, 0.05) is 12.3 Å². The Kier molecular flexibility index (Phi) is 5.29. The maximum Gasteiger partial charge on any atom is 0.231 e. The Morgan fingerprint density at radius 1 is 0.857 bits per heavy atom. The van der Waals surface area contributed by atoms with E-state index in [1.807, 2.05) is 61.5 Å². The Morgan fingerprint density at radius 2 is 1.46 bits per heavy atom. The van der Waals surface area contributed by atoms with Gasteiger partial charge in [-0.15, -0.1) is 0 Å². The number of carbonyl (C=O) groups excluding carboxylic acids is 1. The van der Waals surface area contributed by atoms with Crippen molar-refractivity contribution in [2.45, 2.75) is 25.3 Å². The number of carbonyl (C=O) groups is 1. The number of ether oxygens (including phenoxy) is 2. The molecule has 0 bridgehead atoms. The molecule has 4 rings (SSSR count). The molecule has 0 saturated heterocycles. The number of hydrogen-bond donors (Lipinski definition) is 1. The third kappa shape index (κ3) is 4.01. The van der Waals surface area contributed by atoms with Gasteiger partial charge in [0.15, 0.2) is 11.5 Å². The number of rotatable bonds is 6. The fraction of sp³-hybridized carbons (Fsp3) is 0.208. The van der Waals surface area contributed by atoms with Crippen LogP contribution in [0.15, 0.2) is 78.9 Å². The van der Waals surface area contributed by atoms with Crippen LogP contribution < -0.4 is 14.8 Å². The Bertz CT molecular complexity index is 901. The minimum absolute atomic E-state index is 0.0165. The van der Waals surface area contributed by atoms with Crippen molar-refractivity contribution in [1.82, 2.24) is 5.32 Å². The van der Waals surface area contributed by atoms with Crippen molar-refractivity contribution in [2.24, 2.45) is 0 Å². The summed E-state index contributed by atoms with van der Waals surface area (Å²) in [5.74, 6) is 1.51. The molecule has 4 nitrogen and oxygen atoms in total. The van der Waals surface area contributed by atoms with E-state index in [0.29, 0.717) is 6.42 Å². The van der Waals surface area contributed by atoms with Crippen LogP contribution in [0, 0.1) is 0 Å². The first-order chi connectivity index (χ1) is 13.7. The van der Waals surface area contributed by atoms with E-state index in [0.717, 1.165) is 28.2 Å². The van der Waals surface area contributed by atoms with Crippen LogP contribution >= 0.6 is 0 Å². The Hall–Kier alpha value is -3.27. The van der Waals surface area contributed by atoms with Crippen molar-refractivity contribution >= 4 is 5.91 Å². The second-order valence-corrected chi connectivity index (χ2v) is 6.98. The molecule has 0 fully saturated rings. The van der Waals surface area contributed by atoms with Gasteiger partial charge in [-0.2, -0.15) is 0 Å². The lowest BCUT2D eigenvalue weighted by Gasteiger charge is -2.20. The Balaban J connectivity index is 1.48. The van der Waals surface area contributed by atoms with Crippen LogP contribution in [0.3, 0.4) is 0 Å². The van der Waals surface area contributed by atoms with E-state index in [9.17, 15) is 4.79 Å². The first-order valence-electron chi connectivity index (χ1n) is 9.49. The van der Waals surface area contributed by atoms with Crippen LogP contribution in [-0.2, 0) is 4.79 Å². The van der Waals surface area contributed by atoms with E-state index in [1.165, 1.54) is 0 Å².